The van der Waals surface area contributed by atoms with Crippen molar-refractivity contribution in [3.8, 4) is 0 Å². The second-order valence-electron chi connectivity index (χ2n) is 3.22. The summed E-state index contributed by atoms with van der Waals surface area (Å²) in [7, 11) is 0. The molecule has 1 heterocycles. The summed E-state index contributed by atoms with van der Waals surface area (Å²) in [5.74, 6) is 0. The molecule has 1 aliphatic heterocycles. The van der Waals surface area contributed by atoms with E-state index in [1.807, 2.05) is 6.92 Å². The van der Waals surface area contributed by atoms with E-state index in [0.717, 1.165) is 26.1 Å². The molecule has 0 aromatic carbocycles. The van der Waals surface area contributed by atoms with Crippen LogP contribution in [0, 0.1) is 0 Å². The average Bonchev–Trinajstić information content (AvgIpc) is 2.53. The fourth-order valence-corrected chi connectivity index (χ4v) is 1.40. The molecule has 2 atom stereocenters. The molecule has 0 aromatic rings. The molecule has 0 radical (unpaired) electrons. The highest BCUT2D eigenvalue weighted by molar-refractivity contribution is 4.72. The van der Waals surface area contributed by atoms with Crippen molar-refractivity contribution in [2.75, 3.05) is 26.3 Å². The van der Waals surface area contributed by atoms with E-state index in [1.165, 1.54) is 0 Å². The van der Waals surface area contributed by atoms with Gasteiger partial charge in [-0.15, -0.1) is 0 Å². The minimum absolute atomic E-state index is 0.231. The van der Waals surface area contributed by atoms with Crippen LogP contribution >= 0.6 is 0 Å². The zero-order valence-corrected chi connectivity index (χ0v) is 8.01. The first-order chi connectivity index (χ1) is 5.83. The molecule has 3 nitrogen and oxygen atoms in total. The standard InChI is InChI=1S/C9H19NO2/c1-3-11-7-8(2)12-9-4-5-10-6-9/h8-10H,3-7H2,1-2H3/t8?,9-/m1/s1. The van der Waals surface area contributed by atoms with Gasteiger partial charge in [-0.1, -0.05) is 0 Å². The van der Waals surface area contributed by atoms with Gasteiger partial charge in [0.15, 0.2) is 0 Å². The summed E-state index contributed by atoms with van der Waals surface area (Å²) in [6.45, 7) is 7.64. The van der Waals surface area contributed by atoms with Crippen molar-refractivity contribution in [3.63, 3.8) is 0 Å². The maximum Gasteiger partial charge on any atom is 0.0784 e. The Bertz CT molecular complexity index is 113. The van der Waals surface area contributed by atoms with Crippen LogP contribution in [-0.4, -0.2) is 38.5 Å². The van der Waals surface area contributed by atoms with E-state index in [9.17, 15) is 0 Å². The maximum absolute atomic E-state index is 5.73. The van der Waals surface area contributed by atoms with E-state index in [2.05, 4.69) is 12.2 Å². The van der Waals surface area contributed by atoms with Gasteiger partial charge in [-0.3, -0.25) is 0 Å². The van der Waals surface area contributed by atoms with Crippen molar-refractivity contribution in [3.05, 3.63) is 0 Å². The maximum atomic E-state index is 5.73. The minimum Gasteiger partial charge on any atom is -0.379 e. The molecular weight excluding hydrogens is 154 g/mol. The lowest BCUT2D eigenvalue weighted by Crippen LogP contribution is -2.25. The molecule has 3 heteroatoms. The first-order valence-electron chi connectivity index (χ1n) is 4.77. The molecule has 12 heavy (non-hydrogen) atoms. The van der Waals surface area contributed by atoms with Crippen LogP contribution in [0.1, 0.15) is 20.3 Å². The molecule has 0 aliphatic carbocycles. The van der Waals surface area contributed by atoms with Gasteiger partial charge in [-0.25, -0.2) is 0 Å². The van der Waals surface area contributed by atoms with Gasteiger partial charge in [0, 0.05) is 13.2 Å². The van der Waals surface area contributed by atoms with Gasteiger partial charge in [0.2, 0.25) is 0 Å². The summed E-state index contributed by atoms with van der Waals surface area (Å²) in [6.07, 6.45) is 1.77. The van der Waals surface area contributed by atoms with Crippen LogP contribution in [0.15, 0.2) is 0 Å². The number of nitrogens with one attached hydrogen (secondary N) is 1. The van der Waals surface area contributed by atoms with Crippen molar-refractivity contribution in [1.29, 1.82) is 0 Å². The Labute approximate surface area is 74.4 Å². The molecule has 0 amide bonds. The van der Waals surface area contributed by atoms with E-state index in [4.69, 9.17) is 9.47 Å². The van der Waals surface area contributed by atoms with Crippen molar-refractivity contribution >= 4 is 0 Å². The quantitative estimate of drug-likeness (QED) is 0.666. The summed E-state index contributed by atoms with van der Waals surface area (Å²) in [4.78, 5) is 0. The van der Waals surface area contributed by atoms with Crippen LogP contribution in [0.4, 0.5) is 0 Å². The highest BCUT2D eigenvalue weighted by atomic mass is 16.5. The van der Waals surface area contributed by atoms with Crippen molar-refractivity contribution < 1.29 is 9.47 Å². The zero-order valence-electron chi connectivity index (χ0n) is 8.01. The summed E-state index contributed by atoms with van der Waals surface area (Å²) in [6, 6.07) is 0. The third-order valence-corrected chi connectivity index (χ3v) is 2.00. The SMILES string of the molecule is CCOCC(C)O[C@@H]1CCNC1. The number of hydrogen-bond donors (Lipinski definition) is 1. The van der Waals surface area contributed by atoms with Gasteiger partial charge in [-0.05, 0) is 26.8 Å². The fraction of sp³-hybridized carbons (Fsp3) is 1.00. The van der Waals surface area contributed by atoms with Crippen LogP contribution in [0.3, 0.4) is 0 Å². The Kier molecular flexibility index (Phi) is 4.58. The van der Waals surface area contributed by atoms with Gasteiger partial charge in [0.05, 0.1) is 18.8 Å². The zero-order chi connectivity index (χ0) is 8.81. The Morgan fingerprint density at radius 3 is 3.00 bits per heavy atom. The summed E-state index contributed by atoms with van der Waals surface area (Å²) >= 11 is 0. The highest BCUT2D eigenvalue weighted by Crippen LogP contribution is 2.06. The van der Waals surface area contributed by atoms with E-state index in [1.54, 1.807) is 0 Å². The summed E-state index contributed by atoms with van der Waals surface area (Å²) in [5, 5.41) is 3.27. The van der Waals surface area contributed by atoms with Gasteiger partial charge in [0.25, 0.3) is 0 Å². The largest absolute Gasteiger partial charge is 0.379 e. The molecule has 0 aromatic heterocycles. The van der Waals surface area contributed by atoms with E-state index in [-0.39, 0.29) is 6.10 Å². The lowest BCUT2D eigenvalue weighted by molar-refractivity contribution is -0.0383. The Morgan fingerprint density at radius 1 is 1.58 bits per heavy atom. The predicted octanol–water partition coefficient (Wildman–Crippen LogP) is 0.790. The van der Waals surface area contributed by atoms with E-state index >= 15 is 0 Å². The Balaban J connectivity index is 2.03. The summed E-state index contributed by atoms with van der Waals surface area (Å²) < 4.78 is 11.0. The second kappa shape index (κ2) is 5.51. The number of rotatable bonds is 5. The first kappa shape index (κ1) is 9.96. The topological polar surface area (TPSA) is 30.5 Å². The van der Waals surface area contributed by atoms with Gasteiger partial charge >= 0.3 is 0 Å². The third kappa shape index (κ3) is 3.52. The normalized spacial score (nSPS) is 26.0. The predicted molar refractivity (Wildman–Crippen MR) is 48.3 cm³/mol. The van der Waals surface area contributed by atoms with Crippen LogP contribution in [0.25, 0.3) is 0 Å². The molecule has 1 unspecified atom stereocenters. The van der Waals surface area contributed by atoms with Crippen LogP contribution in [-0.2, 0) is 9.47 Å². The van der Waals surface area contributed by atoms with E-state index < -0.39 is 0 Å². The van der Waals surface area contributed by atoms with Crippen molar-refractivity contribution in [2.45, 2.75) is 32.5 Å². The lowest BCUT2D eigenvalue weighted by Gasteiger charge is -2.17. The van der Waals surface area contributed by atoms with Crippen molar-refractivity contribution in [2.24, 2.45) is 0 Å². The first-order valence-corrected chi connectivity index (χ1v) is 4.77. The van der Waals surface area contributed by atoms with Crippen molar-refractivity contribution in [1.82, 2.24) is 5.32 Å². The van der Waals surface area contributed by atoms with Gasteiger partial charge < -0.3 is 14.8 Å². The molecule has 1 rings (SSSR count). The molecule has 0 bridgehead atoms. The fourth-order valence-electron chi connectivity index (χ4n) is 1.40. The van der Waals surface area contributed by atoms with Gasteiger partial charge in [0.1, 0.15) is 0 Å². The van der Waals surface area contributed by atoms with Crippen LogP contribution in [0.2, 0.25) is 0 Å². The number of ether oxygens (including phenoxy) is 2. The van der Waals surface area contributed by atoms with Gasteiger partial charge in [-0.2, -0.15) is 0 Å². The second-order valence-corrected chi connectivity index (χ2v) is 3.22. The molecule has 1 aliphatic rings. The molecule has 1 saturated heterocycles. The molecule has 1 N–H and O–H groups in total. The van der Waals surface area contributed by atoms with Crippen LogP contribution in [0.5, 0.6) is 0 Å². The molecular formula is C9H19NO2. The molecule has 1 fully saturated rings. The third-order valence-electron chi connectivity index (χ3n) is 2.00. The lowest BCUT2D eigenvalue weighted by atomic mass is 10.3. The number of hydrogen-bond acceptors (Lipinski definition) is 3. The minimum atomic E-state index is 0.231. The smallest absolute Gasteiger partial charge is 0.0784 e. The van der Waals surface area contributed by atoms with E-state index in [0.29, 0.717) is 12.7 Å². The average molecular weight is 173 g/mol. The Morgan fingerprint density at radius 2 is 2.42 bits per heavy atom. The molecule has 0 saturated carbocycles. The van der Waals surface area contributed by atoms with Crippen LogP contribution < -0.4 is 5.32 Å². The molecule has 0 spiro atoms. The summed E-state index contributed by atoms with van der Waals surface area (Å²) in [5.41, 5.74) is 0. The molecule has 72 valence electrons. The Hall–Kier alpha value is -0.120. The monoisotopic (exact) mass is 173 g/mol. The highest BCUT2D eigenvalue weighted by Gasteiger charge is 2.17.